The van der Waals surface area contributed by atoms with Crippen LogP contribution in [0.5, 0.6) is 0 Å². The van der Waals surface area contributed by atoms with Crippen molar-refractivity contribution < 1.29 is 14.7 Å². The number of aliphatic carboxylic acids is 1. The summed E-state index contributed by atoms with van der Waals surface area (Å²) >= 11 is 1.71. The molecule has 0 bridgehead atoms. The second kappa shape index (κ2) is 5.94. The van der Waals surface area contributed by atoms with Gasteiger partial charge in [-0.05, 0) is 13.8 Å². The molecule has 1 heterocycles. The van der Waals surface area contributed by atoms with E-state index in [-0.39, 0.29) is 18.4 Å². The van der Waals surface area contributed by atoms with Gasteiger partial charge < -0.3 is 10.0 Å². The number of amides is 1. The molecule has 4 nitrogen and oxygen atoms in total. The first-order valence-electron chi connectivity index (χ1n) is 5.29. The maximum absolute atomic E-state index is 12.0. The van der Waals surface area contributed by atoms with Crippen LogP contribution in [-0.4, -0.2) is 46.0 Å². The van der Waals surface area contributed by atoms with E-state index in [0.717, 1.165) is 11.5 Å². The van der Waals surface area contributed by atoms with Gasteiger partial charge in [0.2, 0.25) is 5.91 Å². The van der Waals surface area contributed by atoms with Crippen LogP contribution < -0.4 is 0 Å². The predicted molar refractivity (Wildman–Crippen MR) is 64.5 cm³/mol. The summed E-state index contributed by atoms with van der Waals surface area (Å²) in [6.45, 7) is 4.23. The topological polar surface area (TPSA) is 57.6 Å². The first kappa shape index (κ1) is 13.1. The van der Waals surface area contributed by atoms with Gasteiger partial charge >= 0.3 is 5.97 Å². The summed E-state index contributed by atoms with van der Waals surface area (Å²) in [4.78, 5) is 24.4. The lowest BCUT2D eigenvalue weighted by Crippen LogP contribution is -2.47. The number of carboxylic acid groups (broad SMARTS) is 1. The Morgan fingerprint density at radius 3 is 2.81 bits per heavy atom. The van der Waals surface area contributed by atoms with E-state index >= 15 is 0 Å². The molecule has 0 radical (unpaired) electrons. The molecule has 1 aliphatic rings. The minimum absolute atomic E-state index is 0.0333. The average Bonchev–Trinajstić information content (AvgIpc) is 2.27. The van der Waals surface area contributed by atoms with Gasteiger partial charge in [-0.25, -0.2) is 0 Å². The van der Waals surface area contributed by atoms with Crippen LogP contribution in [0, 0.1) is 0 Å². The molecule has 0 aromatic heterocycles. The quantitative estimate of drug-likeness (QED) is 0.761. The van der Waals surface area contributed by atoms with Gasteiger partial charge in [-0.3, -0.25) is 9.59 Å². The molecule has 0 aliphatic carbocycles. The van der Waals surface area contributed by atoms with Crippen LogP contribution in [0.25, 0.3) is 0 Å². The lowest BCUT2D eigenvalue weighted by molar-refractivity contribution is -0.139. The largest absolute Gasteiger partial charge is 0.481 e. The molecular weight excluding hydrogens is 226 g/mol. The van der Waals surface area contributed by atoms with Crippen LogP contribution in [0.1, 0.15) is 20.3 Å². The minimum Gasteiger partial charge on any atom is -0.481 e. The van der Waals surface area contributed by atoms with E-state index in [1.807, 2.05) is 6.92 Å². The van der Waals surface area contributed by atoms with Crippen LogP contribution in [0.4, 0.5) is 0 Å². The monoisotopic (exact) mass is 243 g/mol. The Labute approximate surface area is 99.7 Å². The van der Waals surface area contributed by atoms with Gasteiger partial charge in [0.15, 0.2) is 0 Å². The van der Waals surface area contributed by atoms with E-state index < -0.39 is 5.97 Å². The fourth-order valence-corrected chi connectivity index (χ4v) is 2.71. The molecule has 0 saturated carbocycles. The molecule has 1 atom stereocenters. The Morgan fingerprint density at radius 1 is 1.56 bits per heavy atom. The van der Waals surface area contributed by atoms with Crippen molar-refractivity contribution in [1.29, 1.82) is 0 Å². The standard InChI is InChI=1S/C11H17NO3S/c1-3-8(2)11(15)12-4-5-16-7-9(12)6-10(13)14/h3,9H,4-7H2,1-2H3,(H,13,14)/b8-3-. The van der Waals surface area contributed by atoms with Crippen molar-refractivity contribution in [3.8, 4) is 0 Å². The zero-order chi connectivity index (χ0) is 12.1. The Morgan fingerprint density at radius 2 is 2.25 bits per heavy atom. The number of carbonyl (C=O) groups is 2. The fourth-order valence-electron chi connectivity index (χ4n) is 1.64. The van der Waals surface area contributed by atoms with E-state index in [4.69, 9.17) is 5.11 Å². The Hall–Kier alpha value is -0.970. The number of rotatable bonds is 3. The van der Waals surface area contributed by atoms with Crippen molar-refractivity contribution in [2.45, 2.75) is 26.3 Å². The molecule has 0 spiro atoms. The SMILES string of the molecule is C/C=C(/C)C(=O)N1CCSCC1CC(=O)O. The van der Waals surface area contributed by atoms with Gasteiger partial charge in [-0.15, -0.1) is 0 Å². The third-order valence-corrected chi connectivity index (χ3v) is 3.76. The molecular formula is C11H17NO3S. The number of nitrogens with zero attached hydrogens (tertiary/aromatic N) is 1. The molecule has 0 aromatic carbocycles. The van der Waals surface area contributed by atoms with E-state index in [2.05, 4.69) is 0 Å². The average molecular weight is 243 g/mol. The number of carboxylic acids is 1. The van der Waals surface area contributed by atoms with E-state index in [9.17, 15) is 9.59 Å². The Bertz CT molecular complexity index is 314. The highest BCUT2D eigenvalue weighted by molar-refractivity contribution is 7.99. The smallest absolute Gasteiger partial charge is 0.305 e. The Kier molecular flexibility index (Phi) is 4.86. The summed E-state index contributed by atoms with van der Waals surface area (Å²) in [7, 11) is 0. The van der Waals surface area contributed by atoms with Crippen molar-refractivity contribution in [2.75, 3.05) is 18.1 Å². The molecule has 1 fully saturated rings. The molecule has 1 saturated heterocycles. The first-order chi connectivity index (χ1) is 7.56. The lowest BCUT2D eigenvalue weighted by Gasteiger charge is -2.34. The highest BCUT2D eigenvalue weighted by atomic mass is 32.2. The van der Waals surface area contributed by atoms with Crippen LogP contribution in [0.15, 0.2) is 11.6 Å². The highest BCUT2D eigenvalue weighted by Crippen LogP contribution is 2.20. The molecule has 1 aliphatic heterocycles. The second-order valence-electron chi connectivity index (χ2n) is 3.80. The molecule has 1 unspecified atom stereocenters. The summed E-state index contributed by atoms with van der Waals surface area (Å²) < 4.78 is 0. The van der Waals surface area contributed by atoms with Crippen LogP contribution in [0.3, 0.4) is 0 Å². The third-order valence-electron chi connectivity index (χ3n) is 2.67. The maximum atomic E-state index is 12.0. The van der Waals surface area contributed by atoms with Crippen LogP contribution in [0.2, 0.25) is 0 Å². The molecule has 0 aromatic rings. The number of hydrogen-bond donors (Lipinski definition) is 1. The molecule has 1 amide bonds. The van der Waals surface area contributed by atoms with E-state index in [1.54, 1.807) is 29.7 Å². The minimum atomic E-state index is -0.844. The first-order valence-corrected chi connectivity index (χ1v) is 6.45. The highest BCUT2D eigenvalue weighted by Gasteiger charge is 2.28. The van der Waals surface area contributed by atoms with Gasteiger partial charge in [0.25, 0.3) is 0 Å². The lowest BCUT2D eigenvalue weighted by atomic mass is 10.1. The van der Waals surface area contributed by atoms with Crippen LogP contribution in [-0.2, 0) is 9.59 Å². The zero-order valence-corrected chi connectivity index (χ0v) is 10.4. The van der Waals surface area contributed by atoms with Crippen molar-refractivity contribution in [3.05, 3.63) is 11.6 Å². The van der Waals surface area contributed by atoms with Crippen molar-refractivity contribution in [3.63, 3.8) is 0 Å². The number of thioether (sulfide) groups is 1. The zero-order valence-electron chi connectivity index (χ0n) is 9.60. The molecule has 90 valence electrons. The molecule has 5 heteroatoms. The molecule has 1 N–H and O–H groups in total. The van der Waals surface area contributed by atoms with Gasteiger partial charge in [-0.1, -0.05) is 6.08 Å². The van der Waals surface area contributed by atoms with E-state index in [1.165, 1.54) is 0 Å². The second-order valence-corrected chi connectivity index (χ2v) is 4.95. The summed E-state index contributed by atoms with van der Waals surface area (Å²) in [6.07, 6.45) is 1.80. The molecule has 1 rings (SSSR count). The third kappa shape index (κ3) is 3.27. The Balaban J connectivity index is 2.73. The fraction of sp³-hybridized carbons (Fsp3) is 0.636. The normalized spacial score (nSPS) is 22.0. The summed E-state index contributed by atoms with van der Waals surface area (Å²) in [5.41, 5.74) is 0.683. The summed E-state index contributed by atoms with van der Waals surface area (Å²) in [5.74, 6) is 0.728. The van der Waals surface area contributed by atoms with E-state index in [0.29, 0.717) is 12.1 Å². The van der Waals surface area contributed by atoms with Gasteiger partial charge in [0, 0.05) is 23.6 Å². The number of hydrogen-bond acceptors (Lipinski definition) is 3. The van der Waals surface area contributed by atoms with Crippen molar-refractivity contribution in [1.82, 2.24) is 4.90 Å². The summed E-state index contributed by atoms with van der Waals surface area (Å²) in [5, 5.41) is 8.80. The predicted octanol–water partition coefficient (Wildman–Crippen LogP) is 1.37. The number of carbonyl (C=O) groups excluding carboxylic acids is 1. The van der Waals surface area contributed by atoms with Gasteiger partial charge in [0.1, 0.15) is 0 Å². The van der Waals surface area contributed by atoms with Crippen LogP contribution >= 0.6 is 11.8 Å². The maximum Gasteiger partial charge on any atom is 0.305 e. The van der Waals surface area contributed by atoms with Crippen molar-refractivity contribution in [2.24, 2.45) is 0 Å². The summed E-state index contributed by atoms with van der Waals surface area (Å²) in [6, 6.07) is -0.168. The van der Waals surface area contributed by atoms with Gasteiger partial charge in [-0.2, -0.15) is 11.8 Å². The van der Waals surface area contributed by atoms with Crippen molar-refractivity contribution >= 4 is 23.6 Å². The number of allylic oxidation sites excluding steroid dienone is 1. The molecule has 16 heavy (non-hydrogen) atoms. The van der Waals surface area contributed by atoms with Gasteiger partial charge in [0.05, 0.1) is 12.5 Å².